The van der Waals surface area contributed by atoms with Gasteiger partial charge in [0.15, 0.2) is 5.78 Å². The fourth-order valence-corrected chi connectivity index (χ4v) is 3.66. The van der Waals surface area contributed by atoms with Crippen molar-refractivity contribution in [2.45, 2.75) is 0 Å². The maximum Gasteiger partial charge on any atom is 0.197 e. The third kappa shape index (κ3) is 2.13. The number of hydrogen-bond acceptors (Lipinski definition) is 3. The smallest absolute Gasteiger partial charge is 0.197 e. The number of carbonyl (C=O) groups excluding carboxylic acids is 1. The highest BCUT2D eigenvalue weighted by atomic mass is 79.9. The standard InChI is InChI=1S/C15H9BrFNOS/c16-12-3-1-2-9-11(7-20-15(9)12)14(19)10-5-4-8(18)6-13(10)17/h1-7H,18H2. The van der Waals surface area contributed by atoms with Gasteiger partial charge in [0.05, 0.1) is 5.56 Å². The van der Waals surface area contributed by atoms with Crippen molar-refractivity contribution < 1.29 is 9.18 Å². The Morgan fingerprint density at radius 3 is 2.75 bits per heavy atom. The summed E-state index contributed by atoms with van der Waals surface area (Å²) >= 11 is 4.91. The molecule has 3 rings (SSSR count). The van der Waals surface area contributed by atoms with Crippen molar-refractivity contribution >= 4 is 48.8 Å². The predicted octanol–water partition coefficient (Wildman–Crippen LogP) is 4.62. The number of anilines is 1. The molecule has 2 N–H and O–H groups in total. The molecule has 3 aromatic rings. The van der Waals surface area contributed by atoms with Crippen molar-refractivity contribution in [3.63, 3.8) is 0 Å². The van der Waals surface area contributed by atoms with E-state index in [2.05, 4.69) is 15.9 Å². The Bertz CT molecular complexity index is 828. The summed E-state index contributed by atoms with van der Waals surface area (Å²) in [6.07, 6.45) is 0. The van der Waals surface area contributed by atoms with E-state index in [9.17, 15) is 9.18 Å². The Hall–Kier alpha value is -1.72. The van der Waals surface area contributed by atoms with Crippen LogP contribution in [0.2, 0.25) is 0 Å². The lowest BCUT2D eigenvalue weighted by atomic mass is 10.0. The molecule has 20 heavy (non-hydrogen) atoms. The number of carbonyl (C=O) groups is 1. The van der Waals surface area contributed by atoms with Gasteiger partial charge in [0.25, 0.3) is 0 Å². The van der Waals surface area contributed by atoms with E-state index in [0.717, 1.165) is 20.6 Å². The first-order valence-electron chi connectivity index (χ1n) is 5.83. The van der Waals surface area contributed by atoms with Gasteiger partial charge in [0.2, 0.25) is 0 Å². The van der Waals surface area contributed by atoms with Gasteiger partial charge in [0, 0.05) is 31.2 Å². The molecule has 0 bridgehead atoms. The van der Waals surface area contributed by atoms with Gasteiger partial charge < -0.3 is 5.73 Å². The number of thiophene rings is 1. The average molecular weight is 350 g/mol. The van der Waals surface area contributed by atoms with Crippen molar-refractivity contribution in [2.75, 3.05) is 5.73 Å². The SMILES string of the molecule is Nc1ccc(C(=O)c2csc3c(Br)cccc23)c(F)c1. The number of nitrogens with two attached hydrogens (primary N) is 1. The maximum absolute atomic E-state index is 13.9. The van der Waals surface area contributed by atoms with E-state index in [-0.39, 0.29) is 11.3 Å². The second kappa shape index (κ2) is 5.00. The fraction of sp³-hybridized carbons (Fsp3) is 0. The van der Waals surface area contributed by atoms with Gasteiger partial charge in [-0.05, 0) is 40.2 Å². The predicted molar refractivity (Wildman–Crippen MR) is 83.8 cm³/mol. The minimum absolute atomic E-state index is 0.0406. The van der Waals surface area contributed by atoms with Gasteiger partial charge in [-0.2, -0.15) is 0 Å². The Morgan fingerprint density at radius 2 is 2.00 bits per heavy atom. The third-order valence-corrected chi connectivity index (χ3v) is 4.99. The minimum atomic E-state index is -0.593. The van der Waals surface area contributed by atoms with Crippen LogP contribution >= 0.6 is 27.3 Å². The zero-order valence-corrected chi connectivity index (χ0v) is 12.6. The summed E-state index contributed by atoms with van der Waals surface area (Å²) in [5.74, 6) is -0.920. The number of halogens is 2. The lowest BCUT2D eigenvalue weighted by Gasteiger charge is -2.03. The summed E-state index contributed by atoms with van der Waals surface area (Å²) in [5.41, 5.74) is 6.35. The molecule has 0 radical (unpaired) electrons. The van der Waals surface area contributed by atoms with E-state index in [0.29, 0.717) is 11.3 Å². The number of rotatable bonds is 2. The molecule has 0 fully saturated rings. The van der Waals surface area contributed by atoms with Crippen molar-refractivity contribution in [1.29, 1.82) is 0 Å². The van der Waals surface area contributed by atoms with E-state index in [1.807, 2.05) is 18.2 Å². The molecule has 0 aliphatic heterocycles. The van der Waals surface area contributed by atoms with Crippen molar-refractivity contribution in [1.82, 2.24) is 0 Å². The van der Waals surface area contributed by atoms with Crippen LogP contribution in [-0.4, -0.2) is 5.78 Å². The van der Waals surface area contributed by atoms with E-state index in [1.54, 1.807) is 5.38 Å². The van der Waals surface area contributed by atoms with Crippen LogP contribution in [0, 0.1) is 5.82 Å². The summed E-state index contributed by atoms with van der Waals surface area (Å²) in [6.45, 7) is 0. The largest absolute Gasteiger partial charge is 0.399 e. The molecule has 0 spiro atoms. The molecule has 0 atom stereocenters. The molecular formula is C15H9BrFNOS. The fourth-order valence-electron chi connectivity index (χ4n) is 2.06. The van der Waals surface area contributed by atoms with E-state index in [1.165, 1.54) is 23.5 Å². The average Bonchev–Trinajstić information content (AvgIpc) is 2.83. The topological polar surface area (TPSA) is 43.1 Å². The first kappa shape index (κ1) is 13.3. The maximum atomic E-state index is 13.9. The first-order chi connectivity index (χ1) is 9.58. The number of fused-ring (bicyclic) bond motifs is 1. The van der Waals surface area contributed by atoms with Crippen LogP contribution in [0.1, 0.15) is 15.9 Å². The van der Waals surface area contributed by atoms with E-state index < -0.39 is 5.82 Å². The van der Waals surface area contributed by atoms with Crippen molar-refractivity contribution in [3.8, 4) is 0 Å². The molecule has 2 aromatic carbocycles. The molecule has 1 aromatic heterocycles. The number of benzene rings is 2. The van der Waals surface area contributed by atoms with Gasteiger partial charge in [0.1, 0.15) is 5.82 Å². The monoisotopic (exact) mass is 349 g/mol. The van der Waals surface area contributed by atoms with Gasteiger partial charge in [-0.25, -0.2) is 4.39 Å². The van der Waals surface area contributed by atoms with Crippen LogP contribution in [0.3, 0.4) is 0 Å². The molecule has 0 unspecified atom stereocenters. The summed E-state index contributed by atoms with van der Waals surface area (Å²) in [4.78, 5) is 12.5. The molecule has 0 amide bonds. The molecule has 0 saturated carbocycles. The Labute approximate surface area is 127 Å². The summed E-state index contributed by atoms with van der Waals surface area (Å²) in [7, 11) is 0. The second-order valence-corrected chi connectivity index (χ2v) is 6.07. The molecule has 0 saturated heterocycles. The van der Waals surface area contributed by atoms with Crippen LogP contribution in [0.5, 0.6) is 0 Å². The number of ketones is 1. The van der Waals surface area contributed by atoms with Crippen LogP contribution in [0.25, 0.3) is 10.1 Å². The van der Waals surface area contributed by atoms with E-state index in [4.69, 9.17) is 5.73 Å². The highest BCUT2D eigenvalue weighted by Crippen LogP contribution is 2.33. The van der Waals surface area contributed by atoms with Gasteiger partial charge >= 0.3 is 0 Å². The van der Waals surface area contributed by atoms with Gasteiger partial charge in [-0.15, -0.1) is 11.3 Å². The molecule has 5 heteroatoms. The van der Waals surface area contributed by atoms with Crippen LogP contribution in [-0.2, 0) is 0 Å². The quantitative estimate of drug-likeness (QED) is 0.542. The first-order valence-corrected chi connectivity index (χ1v) is 7.50. The van der Waals surface area contributed by atoms with Crippen LogP contribution < -0.4 is 5.73 Å². The highest BCUT2D eigenvalue weighted by Gasteiger charge is 2.18. The Morgan fingerprint density at radius 1 is 1.20 bits per heavy atom. The minimum Gasteiger partial charge on any atom is -0.399 e. The lowest BCUT2D eigenvalue weighted by molar-refractivity contribution is 0.103. The zero-order chi connectivity index (χ0) is 14.3. The van der Waals surface area contributed by atoms with Crippen LogP contribution in [0.4, 0.5) is 10.1 Å². The zero-order valence-electron chi connectivity index (χ0n) is 10.2. The molecule has 2 nitrogen and oxygen atoms in total. The highest BCUT2D eigenvalue weighted by molar-refractivity contribution is 9.10. The summed E-state index contributed by atoms with van der Waals surface area (Å²) in [6, 6.07) is 9.75. The third-order valence-electron chi connectivity index (χ3n) is 3.03. The van der Waals surface area contributed by atoms with Crippen LogP contribution in [0.15, 0.2) is 46.3 Å². The van der Waals surface area contributed by atoms with Gasteiger partial charge in [-0.3, -0.25) is 4.79 Å². The van der Waals surface area contributed by atoms with E-state index >= 15 is 0 Å². The Kier molecular flexibility index (Phi) is 3.31. The number of hydrogen-bond donors (Lipinski definition) is 1. The summed E-state index contributed by atoms with van der Waals surface area (Å²) < 4.78 is 15.8. The lowest BCUT2D eigenvalue weighted by Crippen LogP contribution is -2.04. The molecule has 0 aliphatic carbocycles. The molecule has 100 valence electrons. The van der Waals surface area contributed by atoms with Gasteiger partial charge in [-0.1, -0.05) is 12.1 Å². The molecule has 1 heterocycles. The second-order valence-electron chi connectivity index (χ2n) is 4.33. The summed E-state index contributed by atoms with van der Waals surface area (Å²) in [5, 5.41) is 2.58. The van der Waals surface area contributed by atoms with Crippen molar-refractivity contribution in [3.05, 3.63) is 63.2 Å². The molecule has 0 aliphatic rings. The molecular weight excluding hydrogens is 341 g/mol. The Balaban J connectivity index is 2.16. The number of nitrogen functional groups attached to an aromatic ring is 1. The normalized spacial score (nSPS) is 10.9. The van der Waals surface area contributed by atoms with Crippen molar-refractivity contribution in [2.24, 2.45) is 0 Å².